The van der Waals surface area contributed by atoms with Crippen LogP contribution in [-0.2, 0) is 4.74 Å². The highest BCUT2D eigenvalue weighted by Crippen LogP contribution is 1.93. The lowest BCUT2D eigenvalue weighted by atomic mass is 10.4. The van der Waals surface area contributed by atoms with Crippen molar-refractivity contribution in [2.45, 2.75) is 0 Å². The number of carbonyl (C=O) groups is 1. The van der Waals surface area contributed by atoms with E-state index < -0.39 is 0 Å². The molecule has 1 saturated heterocycles. The predicted molar refractivity (Wildman–Crippen MR) is 50.9 cm³/mol. The average Bonchev–Trinajstić information content (AvgIpc) is 2.25. The third-order valence-corrected chi connectivity index (χ3v) is 1.96. The molecular weight excluding hydrogens is 186 g/mol. The van der Waals surface area contributed by atoms with Crippen LogP contribution in [0.3, 0.4) is 0 Å². The summed E-state index contributed by atoms with van der Waals surface area (Å²) in [5.74, 6) is 0. The first-order valence-corrected chi connectivity index (χ1v) is 4.75. The maximum absolute atomic E-state index is 11.1. The number of hydrogen-bond acceptors (Lipinski definition) is 4. The second-order valence-corrected chi connectivity index (χ2v) is 3.04. The molecular formula is C8H17N3O3. The van der Waals surface area contributed by atoms with E-state index in [0.717, 1.165) is 26.3 Å². The molecule has 0 atom stereocenters. The molecule has 0 saturated carbocycles. The highest BCUT2D eigenvalue weighted by molar-refractivity contribution is 5.73. The van der Waals surface area contributed by atoms with Crippen molar-refractivity contribution >= 4 is 6.03 Å². The molecule has 1 aliphatic heterocycles. The number of urea groups is 1. The fraction of sp³-hybridized carbons (Fsp3) is 0.875. The van der Waals surface area contributed by atoms with Gasteiger partial charge in [-0.3, -0.25) is 4.90 Å². The van der Waals surface area contributed by atoms with Gasteiger partial charge in [-0.15, -0.1) is 0 Å². The molecule has 1 aliphatic rings. The second kappa shape index (κ2) is 6.58. The fourth-order valence-electron chi connectivity index (χ4n) is 1.17. The standard InChI is InChI=1S/C8H17N3O3/c12-4-1-9-8(13)10-7-11-2-5-14-6-3-11/h12H,1-7H2,(H2,9,10,13). The van der Waals surface area contributed by atoms with Crippen LogP contribution in [0, 0.1) is 0 Å². The third kappa shape index (κ3) is 4.40. The van der Waals surface area contributed by atoms with E-state index in [-0.39, 0.29) is 19.2 Å². The van der Waals surface area contributed by atoms with Gasteiger partial charge in [0.05, 0.1) is 26.5 Å². The number of aliphatic hydroxyl groups excluding tert-OH is 1. The van der Waals surface area contributed by atoms with Gasteiger partial charge in [-0.2, -0.15) is 0 Å². The van der Waals surface area contributed by atoms with Gasteiger partial charge in [0.1, 0.15) is 0 Å². The molecule has 6 nitrogen and oxygen atoms in total. The van der Waals surface area contributed by atoms with E-state index in [4.69, 9.17) is 9.84 Å². The van der Waals surface area contributed by atoms with Crippen LogP contribution in [-0.4, -0.2) is 62.2 Å². The van der Waals surface area contributed by atoms with Crippen molar-refractivity contribution in [2.24, 2.45) is 0 Å². The largest absolute Gasteiger partial charge is 0.395 e. The summed E-state index contributed by atoms with van der Waals surface area (Å²) in [5.41, 5.74) is 0. The summed E-state index contributed by atoms with van der Waals surface area (Å²) < 4.78 is 5.17. The maximum Gasteiger partial charge on any atom is 0.315 e. The van der Waals surface area contributed by atoms with E-state index in [1.54, 1.807) is 0 Å². The van der Waals surface area contributed by atoms with Crippen LogP contribution in [0.2, 0.25) is 0 Å². The van der Waals surface area contributed by atoms with Gasteiger partial charge in [-0.05, 0) is 0 Å². The predicted octanol–water partition coefficient (Wildman–Crippen LogP) is -1.43. The Morgan fingerprint density at radius 3 is 2.71 bits per heavy atom. The van der Waals surface area contributed by atoms with E-state index in [9.17, 15) is 4.79 Å². The van der Waals surface area contributed by atoms with Crippen LogP contribution in [0.4, 0.5) is 4.79 Å². The number of morpholine rings is 1. The minimum absolute atomic E-state index is 0.0367. The van der Waals surface area contributed by atoms with Crippen LogP contribution in [0.15, 0.2) is 0 Å². The van der Waals surface area contributed by atoms with Crippen LogP contribution in [0.5, 0.6) is 0 Å². The molecule has 6 heteroatoms. The van der Waals surface area contributed by atoms with E-state index in [0.29, 0.717) is 6.67 Å². The first-order chi connectivity index (χ1) is 6.83. The zero-order chi connectivity index (χ0) is 10.2. The third-order valence-electron chi connectivity index (χ3n) is 1.96. The van der Waals surface area contributed by atoms with Gasteiger partial charge in [0.15, 0.2) is 0 Å². The van der Waals surface area contributed by atoms with Crippen molar-refractivity contribution in [3.8, 4) is 0 Å². The summed E-state index contributed by atoms with van der Waals surface area (Å²) in [7, 11) is 0. The Morgan fingerprint density at radius 2 is 2.07 bits per heavy atom. The molecule has 0 aliphatic carbocycles. The van der Waals surface area contributed by atoms with Gasteiger partial charge >= 0.3 is 6.03 Å². The van der Waals surface area contributed by atoms with Crippen molar-refractivity contribution in [1.29, 1.82) is 0 Å². The van der Waals surface area contributed by atoms with Gasteiger partial charge in [0, 0.05) is 19.6 Å². The molecule has 0 bridgehead atoms. The Bertz CT molecular complexity index is 171. The van der Waals surface area contributed by atoms with Crippen molar-refractivity contribution in [3.05, 3.63) is 0 Å². The number of nitrogens with one attached hydrogen (secondary N) is 2. The first-order valence-electron chi connectivity index (χ1n) is 4.75. The van der Waals surface area contributed by atoms with Gasteiger partial charge in [0.25, 0.3) is 0 Å². The number of amides is 2. The molecule has 0 unspecified atom stereocenters. The topological polar surface area (TPSA) is 73.8 Å². The number of hydrogen-bond donors (Lipinski definition) is 3. The second-order valence-electron chi connectivity index (χ2n) is 3.04. The Balaban J connectivity index is 2.03. The summed E-state index contributed by atoms with van der Waals surface area (Å²) in [5, 5.41) is 13.7. The van der Waals surface area contributed by atoms with Crippen LogP contribution in [0.25, 0.3) is 0 Å². The molecule has 82 valence electrons. The lowest BCUT2D eigenvalue weighted by molar-refractivity contribution is 0.0355. The molecule has 2 amide bonds. The quantitative estimate of drug-likeness (QED) is 0.523. The summed E-state index contributed by atoms with van der Waals surface area (Å²) in [6.07, 6.45) is 0. The van der Waals surface area contributed by atoms with Crippen LogP contribution >= 0.6 is 0 Å². The molecule has 3 N–H and O–H groups in total. The summed E-state index contributed by atoms with van der Waals surface area (Å²) in [4.78, 5) is 13.2. The molecule has 0 spiro atoms. The molecule has 1 fully saturated rings. The van der Waals surface area contributed by atoms with Crippen molar-refractivity contribution in [3.63, 3.8) is 0 Å². The summed E-state index contributed by atoms with van der Waals surface area (Å²) >= 11 is 0. The summed E-state index contributed by atoms with van der Waals surface area (Å²) in [6.45, 7) is 3.92. The number of nitrogens with zero attached hydrogens (tertiary/aromatic N) is 1. The molecule has 14 heavy (non-hydrogen) atoms. The minimum atomic E-state index is -0.245. The average molecular weight is 203 g/mol. The number of rotatable bonds is 4. The zero-order valence-electron chi connectivity index (χ0n) is 8.16. The van der Waals surface area contributed by atoms with Gasteiger partial charge in [0.2, 0.25) is 0 Å². The molecule has 0 radical (unpaired) electrons. The Kier molecular flexibility index (Phi) is 5.28. The van der Waals surface area contributed by atoms with Gasteiger partial charge in [-0.25, -0.2) is 4.79 Å². The lowest BCUT2D eigenvalue weighted by Gasteiger charge is -2.26. The number of aliphatic hydroxyl groups is 1. The smallest absolute Gasteiger partial charge is 0.315 e. The monoisotopic (exact) mass is 203 g/mol. The molecule has 1 heterocycles. The van der Waals surface area contributed by atoms with E-state index in [1.165, 1.54) is 0 Å². The molecule has 0 aromatic carbocycles. The van der Waals surface area contributed by atoms with Crippen molar-refractivity contribution in [1.82, 2.24) is 15.5 Å². The number of carbonyl (C=O) groups excluding carboxylic acids is 1. The van der Waals surface area contributed by atoms with E-state index >= 15 is 0 Å². The minimum Gasteiger partial charge on any atom is -0.395 e. The summed E-state index contributed by atoms with van der Waals surface area (Å²) in [6, 6.07) is -0.245. The maximum atomic E-state index is 11.1. The van der Waals surface area contributed by atoms with E-state index in [2.05, 4.69) is 15.5 Å². The van der Waals surface area contributed by atoms with Gasteiger partial charge in [-0.1, -0.05) is 0 Å². The first kappa shape index (κ1) is 11.2. The fourth-order valence-corrected chi connectivity index (χ4v) is 1.17. The zero-order valence-corrected chi connectivity index (χ0v) is 8.16. The number of ether oxygens (including phenoxy) is 1. The highest BCUT2D eigenvalue weighted by atomic mass is 16.5. The molecule has 0 aromatic rings. The van der Waals surface area contributed by atoms with E-state index in [1.807, 2.05) is 0 Å². The lowest BCUT2D eigenvalue weighted by Crippen LogP contribution is -2.47. The Hall–Kier alpha value is -0.850. The SMILES string of the molecule is O=C(NCCO)NCN1CCOCC1. The Labute approximate surface area is 83.2 Å². The highest BCUT2D eigenvalue weighted by Gasteiger charge is 2.10. The molecule has 1 rings (SSSR count). The normalized spacial score (nSPS) is 17.8. The van der Waals surface area contributed by atoms with Crippen LogP contribution < -0.4 is 10.6 Å². The Morgan fingerprint density at radius 1 is 1.36 bits per heavy atom. The van der Waals surface area contributed by atoms with Crippen molar-refractivity contribution < 1.29 is 14.6 Å². The van der Waals surface area contributed by atoms with Crippen molar-refractivity contribution in [2.75, 3.05) is 46.1 Å². The van der Waals surface area contributed by atoms with Crippen LogP contribution in [0.1, 0.15) is 0 Å². The molecule has 0 aromatic heterocycles. The van der Waals surface area contributed by atoms with Gasteiger partial charge < -0.3 is 20.5 Å².